The van der Waals surface area contributed by atoms with Gasteiger partial charge in [-0.05, 0) is 54.7 Å². The number of fused-ring (bicyclic) bond motifs is 1. The molecule has 2 aromatic carbocycles. The Hall–Kier alpha value is -3.08. The molecule has 2 heterocycles. The van der Waals surface area contributed by atoms with Crippen LogP contribution in [0.2, 0.25) is 0 Å². The Balaban J connectivity index is 1.60. The predicted molar refractivity (Wildman–Crippen MR) is 111 cm³/mol. The van der Waals surface area contributed by atoms with E-state index in [1.165, 1.54) is 0 Å². The van der Waals surface area contributed by atoms with Crippen LogP contribution in [0.15, 0.2) is 60.2 Å². The fourth-order valence-electron chi connectivity index (χ4n) is 4.20. The van der Waals surface area contributed by atoms with Gasteiger partial charge in [0, 0.05) is 13.0 Å². The van der Waals surface area contributed by atoms with Crippen LogP contribution in [-0.4, -0.2) is 42.6 Å². The number of ether oxygens (including phenoxy) is 2. The summed E-state index contributed by atoms with van der Waals surface area (Å²) in [7, 11) is 1.64. The van der Waals surface area contributed by atoms with Crippen molar-refractivity contribution in [3.63, 3.8) is 0 Å². The average molecular weight is 391 g/mol. The standard InChI is InChI=1S/C24H25NO4/c1-28-20-11-9-17(10-12-20)16-19-8-5-15-25-22(26)14-13-21(23(19)25)29-24(27)18-6-3-2-4-7-18/h2-4,6-7,9-12,16,21,23H,5,8,13-15H2,1H3/b19-16+/t21-,23+/m0/s1. The lowest BCUT2D eigenvalue weighted by molar-refractivity contribution is -0.141. The molecule has 2 saturated heterocycles. The highest BCUT2D eigenvalue weighted by Crippen LogP contribution is 2.34. The van der Waals surface area contributed by atoms with Gasteiger partial charge in [-0.3, -0.25) is 4.79 Å². The van der Waals surface area contributed by atoms with E-state index >= 15 is 0 Å². The molecule has 150 valence electrons. The Morgan fingerprint density at radius 2 is 1.83 bits per heavy atom. The molecule has 5 nitrogen and oxygen atoms in total. The Kier molecular flexibility index (Phi) is 5.65. The first kappa shape index (κ1) is 19.2. The first-order chi connectivity index (χ1) is 14.2. The van der Waals surface area contributed by atoms with E-state index in [1.807, 2.05) is 47.4 Å². The second-order valence-electron chi connectivity index (χ2n) is 7.48. The molecule has 0 spiro atoms. The molecule has 0 saturated carbocycles. The smallest absolute Gasteiger partial charge is 0.338 e. The van der Waals surface area contributed by atoms with Crippen LogP contribution in [0.5, 0.6) is 5.75 Å². The van der Waals surface area contributed by atoms with E-state index < -0.39 is 0 Å². The molecule has 4 rings (SSSR count). The molecule has 2 aliphatic rings. The van der Waals surface area contributed by atoms with E-state index in [2.05, 4.69) is 6.08 Å². The fourth-order valence-corrected chi connectivity index (χ4v) is 4.20. The zero-order valence-corrected chi connectivity index (χ0v) is 16.5. The zero-order valence-electron chi connectivity index (χ0n) is 16.5. The van der Waals surface area contributed by atoms with Crippen molar-refractivity contribution in [3.8, 4) is 5.75 Å². The quantitative estimate of drug-likeness (QED) is 0.737. The summed E-state index contributed by atoms with van der Waals surface area (Å²) in [5.41, 5.74) is 2.72. The molecule has 2 aromatic rings. The van der Waals surface area contributed by atoms with Crippen LogP contribution >= 0.6 is 0 Å². The van der Waals surface area contributed by atoms with Crippen molar-refractivity contribution >= 4 is 18.0 Å². The highest BCUT2D eigenvalue weighted by molar-refractivity contribution is 5.89. The van der Waals surface area contributed by atoms with Crippen molar-refractivity contribution in [1.82, 2.24) is 4.90 Å². The number of nitrogens with zero attached hydrogens (tertiary/aromatic N) is 1. The Morgan fingerprint density at radius 3 is 2.55 bits per heavy atom. The SMILES string of the molecule is COc1ccc(/C=C2\CCCN3C(=O)CC[C@H](OC(=O)c4ccccc4)[C@@H]23)cc1. The van der Waals surface area contributed by atoms with Crippen LogP contribution < -0.4 is 4.74 Å². The average Bonchev–Trinajstić information content (AvgIpc) is 2.77. The monoisotopic (exact) mass is 391 g/mol. The van der Waals surface area contributed by atoms with E-state index in [4.69, 9.17) is 9.47 Å². The summed E-state index contributed by atoms with van der Waals surface area (Å²) in [6.45, 7) is 0.711. The molecule has 5 heteroatoms. The molecule has 29 heavy (non-hydrogen) atoms. The Morgan fingerprint density at radius 1 is 1.07 bits per heavy atom. The molecule has 0 N–H and O–H groups in total. The highest BCUT2D eigenvalue weighted by Gasteiger charge is 2.41. The Labute approximate surface area is 170 Å². The van der Waals surface area contributed by atoms with E-state index in [1.54, 1.807) is 19.2 Å². The maximum atomic E-state index is 12.6. The summed E-state index contributed by atoms with van der Waals surface area (Å²) >= 11 is 0. The summed E-state index contributed by atoms with van der Waals surface area (Å²) in [6.07, 6.45) is 4.57. The minimum absolute atomic E-state index is 0.141. The molecule has 2 aliphatic heterocycles. The third kappa shape index (κ3) is 4.19. The van der Waals surface area contributed by atoms with Crippen molar-refractivity contribution in [3.05, 3.63) is 71.3 Å². The molecule has 0 aromatic heterocycles. The van der Waals surface area contributed by atoms with Crippen molar-refractivity contribution in [2.75, 3.05) is 13.7 Å². The molecule has 0 radical (unpaired) electrons. The van der Waals surface area contributed by atoms with Crippen molar-refractivity contribution in [2.24, 2.45) is 0 Å². The largest absolute Gasteiger partial charge is 0.497 e. The van der Waals surface area contributed by atoms with Crippen LogP contribution in [0.1, 0.15) is 41.6 Å². The number of piperidine rings is 2. The normalized spacial score (nSPS) is 22.9. The number of carbonyl (C=O) groups excluding carboxylic acids is 2. The second kappa shape index (κ2) is 8.52. The lowest BCUT2D eigenvalue weighted by Gasteiger charge is -2.45. The predicted octanol–water partition coefficient (Wildman–Crippen LogP) is 4.09. The summed E-state index contributed by atoms with van der Waals surface area (Å²) < 4.78 is 11.1. The van der Waals surface area contributed by atoms with Gasteiger partial charge in [0.1, 0.15) is 11.9 Å². The molecule has 0 unspecified atom stereocenters. The lowest BCUT2D eigenvalue weighted by atomic mass is 9.85. The van der Waals surface area contributed by atoms with Gasteiger partial charge in [0.15, 0.2) is 0 Å². The molecule has 2 atom stereocenters. The topological polar surface area (TPSA) is 55.8 Å². The van der Waals surface area contributed by atoms with Gasteiger partial charge in [-0.25, -0.2) is 4.79 Å². The van der Waals surface area contributed by atoms with Gasteiger partial charge >= 0.3 is 5.97 Å². The van der Waals surface area contributed by atoms with E-state index in [-0.39, 0.29) is 24.0 Å². The Bertz CT molecular complexity index is 904. The number of carbonyl (C=O) groups is 2. The molecule has 0 aliphatic carbocycles. The van der Waals surface area contributed by atoms with Crippen molar-refractivity contribution < 1.29 is 19.1 Å². The van der Waals surface area contributed by atoms with Crippen LogP contribution in [-0.2, 0) is 9.53 Å². The minimum atomic E-state index is -0.334. The number of amides is 1. The first-order valence-corrected chi connectivity index (χ1v) is 10.1. The van der Waals surface area contributed by atoms with Crippen molar-refractivity contribution in [1.29, 1.82) is 0 Å². The molecule has 1 amide bonds. The molecule has 0 bridgehead atoms. The third-order valence-corrected chi connectivity index (χ3v) is 5.63. The van der Waals surface area contributed by atoms with E-state index in [9.17, 15) is 9.59 Å². The maximum Gasteiger partial charge on any atom is 0.338 e. The van der Waals surface area contributed by atoms with Gasteiger partial charge in [0.25, 0.3) is 0 Å². The molecule has 2 fully saturated rings. The van der Waals surface area contributed by atoms with Gasteiger partial charge < -0.3 is 14.4 Å². The van der Waals surface area contributed by atoms with E-state index in [0.29, 0.717) is 24.9 Å². The van der Waals surface area contributed by atoms with Crippen LogP contribution in [0.3, 0.4) is 0 Å². The van der Waals surface area contributed by atoms with Gasteiger partial charge in [-0.1, -0.05) is 36.4 Å². The minimum Gasteiger partial charge on any atom is -0.497 e. The van der Waals surface area contributed by atoms with Gasteiger partial charge in [-0.2, -0.15) is 0 Å². The summed E-state index contributed by atoms with van der Waals surface area (Å²) in [5.74, 6) is 0.613. The van der Waals surface area contributed by atoms with Gasteiger partial charge in [-0.15, -0.1) is 0 Å². The van der Waals surface area contributed by atoms with Crippen LogP contribution in [0.25, 0.3) is 6.08 Å². The number of rotatable bonds is 4. The number of hydrogen-bond donors (Lipinski definition) is 0. The molecular weight excluding hydrogens is 366 g/mol. The van der Waals surface area contributed by atoms with Crippen LogP contribution in [0.4, 0.5) is 0 Å². The number of benzene rings is 2. The highest BCUT2D eigenvalue weighted by atomic mass is 16.5. The summed E-state index contributed by atoms with van der Waals surface area (Å²) in [4.78, 5) is 27.1. The first-order valence-electron chi connectivity index (χ1n) is 10.1. The second-order valence-corrected chi connectivity index (χ2v) is 7.48. The zero-order chi connectivity index (χ0) is 20.2. The number of esters is 1. The number of hydrogen-bond acceptors (Lipinski definition) is 4. The molecular formula is C24H25NO4. The summed E-state index contributed by atoms with van der Waals surface area (Å²) in [5, 5.41) is 0. The van der Waals surface area contributed by atoms with Gasteiger partial charge in [0.2, 0.25) is 5.91 Å². The number of methoxy groups -OCH3 is 1. The lowest BCUT2D eigenvalue weighted by Crippen LogP contribution is -2.55. The van der Waals surface area contributed by atoms with Crippen molar-refractivity contribution in [2.45, 2.75) is 37.8 Å². The fraction of sp³-hybridized carbons (Fsp3) is 0.333. The van der Waals surface area contributed by atoms with Gasteiger partial charge in [0.05, 0.1) is 18.7 Å². The summed E-state index contributed by atoms with van der Waals surface area (Å²) in [6, 6.07) is 16.7. The maximum absolute atomic E-state index is 12.6. The van der Waals surface area contributed by atoms with Crippen LogP contribution in [0, 0.1) is 0 Å². The van der Waals surface area contributed by atoms with E-state index in [0.717, 1.165) is 29.7 Å². The third-order valence-electron chi connectivity index (χ3n) is 5.63.